The minimum Gasteiger partial charge on any atom is -0.322 e. The van der Waals surface area contributed by atoms with Crippen LogP contribution in [0.5, 0.6) is 0 Å². The molecule has 1 heterocycles. The number of rotatable bonds is 4. The first-order chi connectivity index (χ1) is 11.8. The van der Waals surface area contributed by atoms with Crippen molar-refractivity contribution in [2.24, 2.45) is 0 Å². The van der Waals surface area contributed by atoms with Crippen molar-refractivity contribution in [3.63, 3.8) is 0 Å². The number of carbonyl (C=O) groups excluding carboxylic acids is 1. The van der Waals surface area contributed by atoms with Crippen LogP contribution in [0.3, 0.4) is 0 Å². The summed E-state index contributed by atoms with van der Waals surface area (Å²) in [5.74, 6) is 0.269. The molecule has 1 aromatic heterocycles. The predicted molar refractivity (Wildman–Crippen MR) is 94.1 cm³/mol. The standard InChI is InChI=1S/C17H16N4O3S/c1-11-3-8-14(25(2,23)24)9-15(11)17(22)20-13-6-4-12(5-7-13)16-18-10-19-21-16/h3-10H,1-2H3,(H,20,22)(H,18,19,21). The maximum Gasteiger partial charge on any atom is 0.255 e. The third kappa shape index (κ3) is 3.74. The summed E-state index contributed by atoms with van der Waals surface area (Å²) in [4.78, 5) is 16.7. The van der Waals surface area contributed by atoms with E-state index < -0.39 is 9.84 Å². The van der Waals surface area contributed by atoms with Crippen LogP contribution in [0.1, 0.15) is 15.9 Å². The fraction of sp³-hybridized carbons (Fsp3) is 0.118. The SMILES string of the molecule is Cc1ccc(S(C)(=O)=O)cc1C(=O)Nc1ccc(-c2ncn[nH]2)cc1. The number of H-pyrrole nitrogens is 1. The lowest BCUT2D eigenvalue weighted by atomic mass is 10.1. The van der Waals surface area contributed by atoms with Crippen LogP contribution in [-0.4, -0.2) is 35.8 Å². The van der Waals surface area contributed by atoms with E-state index >= 15 is 0 Å². The highest BCUT2D eigenvalue weighted by Crippen LogP contribution is 2.20. The second-order valence-electron chi connectivity index (χ2n) is 5.61. The molecule has 2 aromatic carbocycles. The van der Waals surface area contributed by atoms with E-state index in [2.05, 4.69) is 20.5 Å². The molecular weight excluding hydrogens is 340 g/mol. The Kier molecular flexibility index (Phi) is 4.37. The molecule has 0 aliphatic rings. The number of benzene rings is 2. The smallest absolute Gasteiger partial charge is 0.255 e. The van der Waals surface area contributed by atoms with E-state index in [9.17, 15) is 13.2 Å². The number of nitrogens with zero attached hydrogens (tertiary/aromatic N) is 2. The molecule has 3 rings (SSSR count). The fourth-order valence-electron chi connectivity index (χ4n) is 2.33. The summed E-state index contributed by atoms with van der Waals surface area (Å²) in [6.07, 6.45) is 2.53. The molecule has 0 saturated heterocycles. The molecule has 0 radical (unpaired) electrons. The van der Waals surface area contributed by atoms with E-state index in [4.69, 9.17) is 0 Å². The van der Waals surface area contributed by atoms with Gasteiger partial charge >= 0.3 is 0 Å². The molecule has 3 aromatic rings. The maximum atomic E-state index is 12.5. The van der Waals surface area contributed by atoms with Crippen LogP contribution in [0.2, 0.25) is 0 Å². The van der Waals surface area contributed by atoms with Gasteiger partial charge in [-0.25, -0.2) is 13.4 Å². The van der Waals surface area contributed by atoms with Crippen LogP contribution in [-0.2, 0) is 9.84 Å². The van der Waals surface area contributed by atoms with Gasteiger partial charge in [-0.15, -0.1) is 0 Å². The lowest BCUT2D eigenvalue weighted by Gasteiger charge is -2.09. The summed E-state index contributed by atoms with van der Waals surface area (Å²) in [5, 5.41) is 9.32. The van der Waals surface area contributed by atoms with Crippen LogP contribution in [0.15, 0.2) is 53.7 Å². The van der Waals surface area contributed by atoms with Crippen molar-refractivity contribution in [3.05, 3.63) is 59.9 Å². The van der Waals surface area contributed by atoms with Gasteiger partial charge in [0.05, 0.1) is 4.90 Å². The van der Waals surface area contributed by atoms with Gasteiger partial charge in [0.2, 0.25) is 0 Å². The zero-order valence-corrected chi connectivity index (χ0v) is 14.5. The molecule has 0 spiro atoms. The molecular formula is C17H16N4O3S. The second-order valence-corrected chi connectivity index (χ2v) is 7.63. The molecule has 25 heavy (non-hydrogen) atoms. The van der Waals surface area contributed by atoms with Gasteiger partial charge in [0.15, 0.2) is 15.7 Å². The highest BCUT2D eigenvalue weighted by molar-refractivity contribution is 7.90. The van der Waals surface area contributed by atoms with E-state index in [0.717, 1.165) is 11.8 Å². The summed E-state index contributed by atoms with van der Waals surface area (Å²) in [6, 6.07) is 11.6. The molecule has 0 fully saturated rings. The van der Waals surface area contributed by atoms with E-state index in [-0.39, 0.29) is 10.8 Å². The van der Waals surface area contributed by atoms with Crippen molar-refractivity contribution < 1.29 is 13.2 Å². The van der Waals surface area contributed by atoms with Crippen LogP contribution < -0.4 is 5.32 Å². The number of sulfone groups is 1. The van der Waals surface area contributed by atoms with Crippen molar-refractivity contribution in [2.75, 3.05) is 11.6 Å². The number of amides is 1. The Morgan fingerprint density at radius 1 is 1.12 bits per heavy atom. The Balaban J connectivity index is 1.83. The predicted octanol–water partition coefficient (Wildman–Crippen LogP) is 2.44. The lowest BCUT2D eigenvalue weighted by molar-refractivity contribution is 0.102. The number of anilines is 1. The lowest BCUT2D eigenvalue weighted by Crippen LogP contribution is -2.14. The molecule has 128 valence electrons. The Bertz CT molecular complexity index is 1010. The van der Waals surface area contributed by atoms with Crippen molar-refractivity contribution in [1.29, 1.82) is 0 Å². The van der Waals surface area contributed by atoms with Gasteiger partial charge in [-0.3, -0.25) is 9.89 Å². The first kappa shape index (κ1) is 16.8. The van der Waals surface area contributed by atoms with Crippen molar-refractivity contribution in [1.82, 2.24) is 15.2 Å². The number of nitrogens with one attached hydrogen (secondary N) is 2. The molecule has 8 heteroatoms. The number of carbonyl (C=O) groups is 1. The van der Waals surface area contributed by atoms with Crippen molar-refractivity contribution in [2.45, 2.75) is 11.8 Å². The van der Waals surface area contributed by atoms with Crippen LogP contribution in [0, 0.1) is 6.92 Å². The Morgan fingerprint density at radius 2 is 1.84 bits per heavy atom. The fourth-order valence-corrected chi connectivity index (χ4v) is 2.98. The zero-order chi connectivity index (χ0) is 18.0. The molecule has 7 nitrogen and oxygen atoms in total. The number of aromatic nitrogens is 3. The van der Waals surface area contributed by atoms with E-state index in [1.807, 2.05) is 0 Å². The number of aryl methyl sites for hydroxylation is 1. The highest BCUT2D eigenvalue weighted by Gasteiger charge is 2.14. The van der Waals surface area contributed by atoms with E-state index in [1.165, 1.54) is 18.5 Å². The van der Waals surface area contributed by atoms with Crippen molar-refractivity contribution >= 4 is 21.4 Å². The molecule has 0 saturated carbocycles. The van der Waals surface area contributed by atoms with Gasteiger partial charge in [-0.05, 0) is 48.9 Å². The van der Waals surface area contributed by atoms with Gasteiger partial charge < -0.3 is 5.32 Å². The molecule has 2 N–H and O–H groups in total. The Hall–Kier alpha value is -3.00. The third-order valence-electron chi connectivity index (χ3n) is 3.71. The summed E-state index contributed by atoms with van der Waals surface area (Å²) < 4.78 is 23.4. The Labute approximate surface area is 145 Å². The molecule has 0 aliphatic heterocycles. The maximum absolute atomic E-state index is 12.5. The molecule has 1 amide bonds. The van der Waals surface area contributed by atoms with Gasteiger partial charge in [-0.2, -0.15) is 5.10 Å². The van der Waals surface area contributed by atoms with Gasteiger partial charge in [-0.1, -0.05) is 6.07 Å². The minimum atomic E-state index is -3.38. The zero-order valence-electron chi connectivity index (χ0n) is 13.6. The van der Waals surface area contributed by atoms with Gasteiger partial charge in [0.25, 0.3) is 5.91 Å². The molecule has 0 aliphatic carbocycles. The summed E-state index contributed by atoms with van der Waals surface area (Å²) in [5.41, 5.74) is 2.45. The largest absolute Gasteiger partial charge is 0.322 e. The Morgan fingerprint density at radius 3 is 2.44 bits per heavy atom. The van der Waals surface area contributed by atoms with Crippen LogP contribution in [0.4, 0.5) is 5.69 Å². The summed E-state index contributed by atoms with van der Waals surface area (Å²) in [7, 11) is -3.38. The summed E-state index contributed by atoms with van der Waals surface area (Å²) >= 11 is 0. The number of hydrogen-bond donors (Lipinski definition) is 2. The number of aromatic amines is 1. The minimum absolute atomic E-state index is 0.115. The molecule has 0 unspecified atom stereocenters. The van der Waals surface area contributed by atoms with Crippen LogP contribution >= 0.6 is 0 Å². The first-order valence-electron chi connectivity index (χ1n) is 7.42. The second kappa shape index (κ2) is 6.48. The average Bonchev–Trinajstić information content (AvgIpc) is 3.09. The van der Waals surface area contributed by atoms with Crippen molar-refractivity contribution in [3.8, 4) is 11.4 Å². The monoisotopic (exact) mass is 356 g/mol. The topological polar surface area (TPSA) is 105 Å². The van der Waals surface area contributed by atoms with Gasteiger partial charge in [0, 0.05) is 23.1 Å². The van der Waals surface area contributed by atoms with E-state index in [1.54, 1.807) is 37.3 Å². The first-order valence-corrected chi connectivity index (χ1v) is 9.31. The highest BCUT2D eigenvalue weighted by atomic mass is 32.2. The third-order valence-corrected chi connectivity index (χ3v) is 4.82. The van der Waals surface area contributed by atoms with Crippen LogP contribution in [0.25, 0.3) is 11.4 Å². The van der Waals surface area contributed by atoms with Gasteiger partial charge in [0.1, 0.15) is 6.33 Å². The summed E-state index contributed by atoms with van der Waals surface area (Å²) in [6.45, 7) is 1.76. The normalized spacial score (nSPS) is 11.3. The molecule has 0 bridgehead atoms. The molecule has 0 atom stereocenters. The quantitative estimate of drug-likeness (QED) is 0.747. The number of hydrogen-bond acceptors (Lipinski definition) is 5. The average molecular weight is 356 g/mol. The van der Waals surface area contributed by atoms with E-state index in [0.29, 0.717) is 22.6 Å².